The largest absolute Gasteiger partial charge is 0.493 e. The number of hydrogen-bond donors (Lipinski definition) is 1. The van der Waals surface area contributed by atoms with Crippen molar-refractivity contribution in [3.63, 3.8) is 0 Å². The Kier molecular flexibility index (Phi) is 4.81. The second kappa shape index (κ2) is 6.58. The van der Waals surface area contributed by atoms with Gasteiger partial charge in [0.1, 0.15) is 11.6 Å². The van der Waals surface area contributed by atoms with Gasteiger partial charge >= 0.3 is 0 Å². The molecule has 0 amide bonds. The Hall–Kier alpha value is -1.53. The van der Waals surface area contributed by atoms with E-state index in [2.05, 4.69) is 17.1 Å². The van der Waals surface area contributed by atoms with Gasteiger partial charge in [0.25, 0.3) is 0 Å². The van der Waals surface area contributed by atoms with Crippen LogP contribution >= 0.6 is 11.8 Å². The van der Waals surface area contributed by atoms with Gasteiger partial charge in [-0.2, -0.15) is 0 Å². The molecular formula is C13H18N4OS. The Labute approximate surface area is 117 Å². The Morgan fingerprint density at radius 3 is 2.63 bits per heavy atom. The minimum atomic E-state index is 0.407. The summed E-state index contributed by atoms with van der Waals surface area (Å²) in [5.74, 6) is 2.51. The average Bonchev–Trinajstić information content (AvgIpc) is 2.77. The topological polar surface area (TPSA) is 66.0 Å². The molecule has 1 aromatic heterocycles. The second-order valence-electron chi connectivity index (χ2n) is 4.17. The van der Waals surface area contributed by atoms with E-state index in [-0.39, 0.29) is 0 Å². The number of benzene rings is 1. The SMILES string of the molecule is Cc1ccc(OCCSc2nnc(CN)n2C)cc1. The average molecular weight is 278 g/mol. The van der Waals surface area contributed by atoms with Crippen molar-refractivity contribution in [1.82, 2.24) is 14.8 Å². The number of hydrogen-bond acceptors (Lipinski definition) is 5. The molecular weight excluding hydrogens is 260 g/mol. The molecule has 19 heavy (non-hydrogen) atoms. The highest BCUT2D eigenvalue weighted by atomic mass is 32.2. The van der Waals surface area contributed by atoms with Gasteiger partial charge < -0.3 is 15.0 Å². The number of rotatable bonds is 6. The van der Waals surface area contributed by atoms with Gasteiger partial charge in [0.15, 0.2) is 5.16 Å². The molecule has 0 bridgehead atoms. The monoisotopic (exact) mass is 278 g/mol. The molecule has 2 N–H and O–H groups in total. The Morgan fingerprint density at radius 1 is 1.26 bits per heavy atom. The predicted molar refractivity (Wildman–Crippen MR) is 76.3 cm³/mol. The number of aryl methyl sites for hydroxylation is 1. The Bertz CT molecular complexity index is 524. The molecule has 1 heterocycles. The highest BCUT2D eigenvalue weighted by molar-refractivity contribution is 7.99. The first-order valence-corrected chi connectivity index (χ1v) is 7.10. The molecule has 1 aromatic carbocycles. The van der Waals surface area contributed by atoms with Gasteiger partial charge in [0.2, 0.25) is 0 Å². The smallest absolute Gasteiger partial charge is 0.191 e. The fraction of sp³-hybridized carbons (Fsp3) is 0.385. The van der Waals surface area contributed by atoms with E-state index in [1.54, 1.807) is 11.8 Å². The first-order valence-electron chi connectivity index (χ1n) is 6.11. The molecule has 2 rings (SSSR count). The van der Waals surface area contributed by atoms with Crippen molar-refractivity contribution in [3.8, 4) is 5.75 Å². The van der Waals surface area contributed by atoms with Crippen molar-refractivity contribution in [3.05, 3.63) is 35.7 Å². The first kappa shape index (κ1) is 13.9. The van der Waals surface area contributed by atoms with Gasteiger partial charge in [-0.25, -0.2) is 0 Å². The van der Waals surface area contributed by atoms with Crippen LogP contribution in [0.3, 0.4) is 0 Å². The van der Waals surface area contributed by atoms with Gasteiger partial charge in [-0.1, -0.05) is 29.5 Å². The second-order valence-corrected chi connectivity index (χ2v) is 5.23. The van der Waals surface area contributed by atoms with E-state index < -0.39 is 0 Å². The lowest BCUT2D eigenvalue weighted by molar-refractivity contribution is 0.343. The maximum Gasteiger partial charge on any atom is 0.191 e. The maximum absolute atomic E-state index is 5.65. The van der Waals surface area contributed by atoms with Crippen molar-refractivity contribution in [1.29, 1.82) is 0 Å². The molecule has 0 aliphatic rings. The van der Waals surface area contributed by atoms with E-state index in [1.807, 2.05) is 35.9 Å². The van der Waals surface area contributed by atoms with Gasteiger partial charge in [-0.05, 0) is 19.1 Å². The molecule has 0 radical (unpaired) electrons. The standard InChI is InChI=1S/C13H18N4OS/c1-10-3-5-11(6-4-10)18-7-8-19-13-16-15-12(9-14)17(13)2/h3-6H,7-9,14H2,1-2H3. The van der Waals surface area contributed by atoms with E-state index in [4.69, 9.17) is 10.5 Å². The van der Waals surface area contributed by atoms with E-state index in [1.165, 1.54) is 5.56 Å². The summed E-state index contributed by atoms with van der Waals surface area (Å²) >= 11 is 1.61. The molecule has 2 aromatic rings. The molecule has 0 saturated heterocycles. The Balaban J connectivity index is 1.77. The van der Waals surface area contributed by atoms with Crippen LogP contribution in [0.1, 0.15) is 11.4 Å². The molecule has 5 nitrogen and oxygen atoms in total. The third kappa shape index (κ3) is 3.71. The molecule has 102 valence electrons. The normalized spacial score (nSPS) is 10.7. The highest BCUT2D eigenvalue weighted by Crippen LogP contribution is 2.16. The van der Waals surface area contributed by atoms with E-state index >= 15 is 0 Å². The molecule has 0 aliphatic heterocycles. The summed E-state index contributed by atoms with van der Waals surface area (Å²) in [6, 6.07) is 8.04. The summed E-state index contributed by atoms with van der Waals surface area (Å²) in [5, 5.41) is 8.96. The van der Waals surface area contributed by atoms with Crippen LogP contribution in [0.4, 0.5) is 0 Å². The van der Waals surface area contributed by atoms with Gasteiger partial charge in [0.05, 0.1) is 13.2 Å². The third-order valence-corrected chi connectivity index (χ3v) is 3.70. The molecule has 0 fully saturated rings. The van der Waals surface area contributed by atoms with Crippen molar-refractivity contribution < 1.29 is 4.74 Å². The Morgan fingerprint density at radius 2 is 2.00 bits per heavy atom. The van der Waals surface area contributed by atoms with Crippen LogP contribution in [0.5, 0.6) is 5.75 Å². The van der Waals surface area contributed by atoms with Crippen molar-refractivity contribution in [2.24, 2.45) is 12.8 Å². The highest BCUT2D eigenvalue weighted by Gasteiger charge is 2.07. The lowest BCUT2D eigenvalue weighted by Crippen LogP contribution is -2.06. The number of nitrogens with zero attached hydrogens (tertiary/aromatic N) is 3. The molecule has 0 spiro atoms. The van der Waals surface area contributed by atoms with Crippen molar-refractivity contribution in [2.45, 2.75) is 18.6 Å². The van der Waals surface area contributed by atoms with Crippen LogP contribution in [0, 0.1) is 6.92 Å². The predicted octanol–water partition coefficient (Wildman–Crippen LogP) is 1.75. The van der Waals surface area contributed by atoms with Gasteiger partial charge in [-0.3, -0.25) is 0 Å². The molecule has 0 saturated carbocycles. The minimum absolute atomic E-state index is 0.407. The summed E-state index contributed by atoms with van der Waals surface area (Å²) in [7, 11) is 1.92. The van der Waals surface area contributed by atoms with Crippen LogP contribution in [-0.4, -0.2) is 27.1 Å². The maximum atomic E-state index is 5.65. The fourth-order valence-corrected chi connectivity index (χ4v) is 2.32. The summed E-state index contributed by atoms with van der Waals surface area (Å²) in [5.41, 5.74) is 6.78. The third-order valence-electron chi connectivity index (χ3n) is 2.71. The molecule has 0 atom stereocenters. The lowest BCUT2D eigenvalue weighted by Gasteiger charge is -2.06. The number of nitrogens with two attached hydrogens (primary N) is 1. The number of thioether (sulfide) groups is 1. The number of aromatic nitrogens is 3. The van der Waals surface area contributed by atoms with Crippen LogP contribution in [0.2, 0.25) is 0 Å². The van der Waals surface area contributed by atoms with Crippen molar-refractivity contribution >= 4 is 11.8 Å². The fourth-order valence-electron chi connectivity index (χ4n) is 1.58. The quantitative estimate of drug-likeness (QED) is 0.644. The van der Waals surface area contributed by atoms with Gasteiger partial charge in [-0.15, -0.1) is 10.2 Å². The molecule has 6 heteroatoms. The summed E-state index contributed by atoms with van der Waals surface area (Å²) in [4.78, 5) is 0. The van der Waals surface area contributed by atoms with Crippen LogP contribution in [0.25, 0.3) is 0 Å². The van der Waals surface area contributed by atoms with E-state index in [9.17, 15) is 0 Å². The lowest BCUT2D eigenvalue weighted by atomic mass is 10.2. The van der Waals surface area contributed by atoms with Crippen LogP contribution < -0.4 is 10.5 Å². The minimum Gasteiger partial charge on any atom is -0.493 e. The zero-order valence-corrected chi connectivity index (χ0v) is 12.0. The molecule has 0 unspecified atom stereocenters. The summed E-state index contributed by atoms with van der Waals surface area (Å²) < 4.78 is 7.57. The summed E-state index contributed by atoms with van der Waals surface area (Å²) in [6.45, 7) is 3.10. The van der Waals surface area contributed by atoms with Gasteiger partial charge in [0, 0.05) is 12.8 Å². The van der Waals surface area contributed by atoms with Crippen molar-refractivity contribution in [2.75, 3.05) is 12.4 Å². The molecule has 0 aliphatic carbocycles. The zero-order chi connectivity index (χ0) is 13.7. The van der Waals surface area contributed by atoms with Crippen LogP contribution in [-0.2, 0) is 13.6 Å². The van der Waals surface area contributed by atoms with E-state index in [0.717, 1.165) is 22.5 Å². The summed E-state index contributed by atoms with van der Waals surface area (Å²) in [6.07, 6.45) is 0. The van der Waals surface area contributed by atoms with Crippen LogP contribution in [0.15, 0.2) is 29.4 Å². The van der Waals surface area contributed by atoms with E-state index in [0.29, 0.717) is 13.2 Å². The first-order chi connectivity index (χ1) is 9.20. The number of ether oxygens (including phenoxy) is 1. The zero-order valence-electron chi connectivity index (χ0n) is 11.2.